The Hall–Kier alpha value is -3.14. The molecule has 2 aromatic heterocycles. The van der Waals surface area contributed by atoms with Crippen molar-refractivity contribution in [3.63, 3.8) is 0 Å². The maximum Gasteiger partial charge on any atom is 0.270 e. The van der Waals surface area contributed by atoms with Gasteiger partial charge in [0.1, 0.15) is 5.69 Å². The first-order valence-electron chi connectivity index (χ1n) is 8.00. The number of nitrogens with one attached hydrogen (secondary N) is 2. The molecule has 0 saturated carbocycles. The standard InChI is InChI=1S/C20H17N3O/c24-20(19-17-7-2-1-5-14(17)9-11-21-19)22-12-10-15-13-23-18-8-4-3-6-16(15)18/h1-9,11,13,23H,10,12H2,(H,22,24). The van der Waals surface area contributed by atoms with E-state index in [1.54, 1.807) is 6.20 Å². The van der Waals surface area contributed by atoms with Crippen LogP contribution in [0.15, 0.2) is 67.0 Å². The number of hydrogen-bond donors (Lipinski definition) is 2. The van der Waals surface area contributed by atoms with E-state index < -0.39 is 0 Å². The van der Waals surface area contributed by atoms with Gasteiger partial charge in [0.15, 0.2) is 0 Å². The van der Waals surface area contributed by atoms with Crippen molar-refractivity contribution in [2.45, 2.75) is 6.42 Å². The van der Waals surface area contributed by atoms with Crippen LogP contribution < -0.4 is 5.32 Å². The van der Waals surface area contributed by atoms with Gasteiger partial charge in [0.25, 0.3) is 5.91 Å². The normalized spacial score (nSPS) is 11.0. The number of aromatic nitrogens is 2. The fraction of sp³-hybridized carbons (Fsp3) is 0.100. The Morgan fingerprint density at radius 1 is 1.00 bits per heavy atom. The number of pyridine rings is 1. The lowest BCUT2D eigenvalue weighted by molar-refractivity contribution is 0.0951. The third kappa shape index (κ3) is 2.63. The molecule has 0 unspecified atom stereocenters. The van der Waals surface area contributed by atoms with E-state index in [1.807, 2.05) is 48.7 Å². The Kier molecular flexibility index (Phi) is 3.71. The van der Waals surface area contributed by atoms with E-state index in [9.17, 15) is 4.79 Å². The van der Waals surface area contributed by atoms with E-state index in [2.05, 4.69) is 27.4 Å². The third-order valence-corrected chi connectivity index (χ3v) is 4.24. The van der Waals surface area contributed by atoms with Crippen molar-refractivity contribution in [2.75, 3.05) is 6.54 Å². The third-order valence-electron chi connectivity index (χ3n) is 4.24. The first-order chi connectivity index (χ1) is 11.8. The molecular weight excluding hydrogens is 298 g/mol. The summed E-state index contributed by atoms with van der Waals surface area (Å²) in [6.07, 6.45) is 4.46. The van der Waals surface area contributed by atoms with E-state index in [4.69, 9.17) is 0 Å². The van der Waals surface area contributed by atoms with Crippen LogP contribution in [0.4, 0.5) is 0 Å². The first kappa shape index (κ1) is 14.5. The van der Waals surface area contributed by atoms with Gasteiger partial charge in [-0.2, -0.15) is 0 Å². The number of hydrogen-bond acceptors (Lipinski definition) is 2. The van der Waals surface area contributed by atoms with Crippen LogP contribution in [0.5, 0.6) is 0 Å². The Bertz CT molecular complexity index is 1010. The average molecular weight is 315 g/mol. The predicted molar refractivity (Wildman–Crippen MR) is 96.1 cm³/mol. The van der Waals surface area contributed by atoms with E-state index in [0.717, 1.165) is 22.7 Å². The number of carbonyl (C=O) groups is 1. The molecule has 0 bridgehead atoms. The van der Waals surface area contributed by atoms with Gasteiger partial charge in [-0.1, -0.05) is 42.5 Å². The van der Waals surface area contributed by atoms with E-state index in [-0.39, 0.29) is 5.91 Å². The summed E-state index contributed by atoms with van der Waals surface area (Å²) in [5, 5.41) is 6.08. The maximum atomic E-state index is 12.5. The number of fused-ring (bicyclic) bond motifs is 2. The van der Waals surface area contributed by atoms with Gasteiger partial charge in [0.05, 0.1) is 0 Å². The summed E-state index contributed by atoms with van der Waals surface area (Å²) < 4.78 is 0. The van der Waals surface area contributed by atoms with Gasteiger partial charge in [-0.3, -0.25) is 9.78 Å². The monoisotopic (exact) mass is 315 g/mol. The zero-order valence-corrected chi connectivity index (χ0v) is 13.1. The molecule has 0 fully saturated rings. The van der Waals surface area contributed by atoms with Crippen LogP contribution in [0.1, 0.15) is 16.1 Å². The average Bonchev–Trinajstić information content (AvgIpc) is 3.04. The molecule has 2 heterocycles. The summed E-state index contributed by atoms with van der Waals surface area (Å²) in [5.41, 5.74) is 2.80. The van der Waals surface area contributed by atoms with Gasteiger partial charge in [0.2, 0.25) is 0 Å². The van der Waals surface area contributed by atoms with Crippen LogP contribution in [-0.2, 0) is 6.42 Å². The summed E-state index contributed by atoms with van der Waals surface area (Å²) >= 11 is 0. The topological polar surface area (TPSA) is 57.8 Å². The Morgan fingerprint density at radius 2 is 1.79 bits per heavy atom. The molecule has 2 aromatic carbocycles. The molecule has 24 heavy (non-hydrogen) atoms. The van der Waals surface area contributed by atoms with Crippen LogP contribution in [0, 0.1) is 0 Å². The van der Waals surface area contributed by atoms with Crippen molar-refractivity contribution >= 4 is 27.6 Å². The molecule has 0 aliphatic carbocycles. The van der Waals surface area contributed by atoms with Crippen LogP contribution in [0.3, 0.4) is 0 Å². The quantitative estimate of drug-likeness (QED) is 0.603. The molecule has 1 amide bonds. The highest BCUT2D eigenvalue weighted by atomic mass is 16.1. The van der Waals surface area contributed by atoms with E-state index in [0.29, 0.717) is 12.2 Å². The van der Waals surface area contributed by atoms with Crippen molar-refractivity contribution in [1.82, 2.24) is 15.3 Å². The number of carbonyl (C=O) groups excluding carboxylic acids is 1. The molecule has 0 aliphatic rings. The number of aromatic amines is 1. The number of rotatable bonds is 4. The highest BCUT2D eigenvalue weighted by molar-refractivity contribution is 6.05. The molecule has 4 nitrogen and oxygen atoms in total. The zero-order valence-electron chi connectivity index (χ0n) is 13.1. The molecule has 4 aromatic rings. The van der Waals surface area contributed by atoms with Gasteiger partial charge in [-0.25, -0.2) is 0 Å². The summed E-state index contributed by atoms with van der Waals surface area (Å²) in [6.45, 7) is 0.575. The largest absolute Gasteiger partial charge is 0.361 e. The molecule has 0 radical (unpaired) electrons. The van der Waals surface area contributed by atoms with Crippen molar-refractivity contribution < 1.29 is 4.79 Å². The molecule has 0 aliphatic heterocycles. The van der Waals surface area contributed by atoms with Crippen molar-refractivity contribution in [3.05, 3.63) is 78.2 Å². The molecule has 2 N–H and O–H groups in total. The zero-order chi connectivity index (χ0) is 16.4. The Balaban J connectivity index is 1.48. The molecule has 118 valence electrons. The lowest BCUT2D eigenvalue weighted by Crippen LogP contribution is -2.26. The van der Waals surface area contributed by atoms with E-state index >= 15 is 0 Å². The minimum absolute atomic E-state index is 0.133. The molecule has 0 saturated heterocycles. The molecule has 4 heteroatoms. The highest BCUT2D eigenvalue weighted by Crippen LogP contribution is 2.18. The van der Waals surface area contributed by atoms with Crippen LogP contribution >= 0.6 is 0 Å². The minimum Gasteiger partial charge on any atom is -0.361 e. The van der Waals surface area contributed by atoms with Gasteiger partial charge in [-0.15, -0.1) is 0 Å². The van der Waals surface area contributed by atoms with Crippen molar-refractivity contribution in [2.24, 2.45) is 0 Å². The van der Waals surface area contributed by atoms with Crippen LogP contribution in [0.2, 0.25) is 0 Å². The smallest absolute Gasteiger partial charge is 0.270 e. The summed E-state index contributed by atoms with van der Waals surface area (Å²) in [7, 11) is 0. The second kappa shape index (κ2) is 6.16. The lowest BCUT2D eigenvalue weighted by atomic mass is 10.1. The predicted octanol–water partition coefficient (Wildman–Crippen LogP) is 3.69. The Morgan fingerprint density at radius 3 is 2.71 bits per heavy atom. The van der Waals surface area contributed by atoms with Crippen LogP contribution in [0.25, 0.3) is 21.7 Å². The number of benzene rings is 2. The number of amides is 1. The van der Waals surface area contributed by atoms with Crippen molar-refractivity contribution in [3.8, 4) is 0 Å². The SMILES string of the molecule is O=C(NCCc1c[nH]c2ccccc12)c1nccc2ccccc12. The fourth-order valence-corrected chi connectivity index (χ4v) is 3.03. The second-order valence-electron chi connectivity index (χ2n) is 5.75. The summed E-state index contributed by atoms with van der Waals surface area (Å²) in [4.78, 5) is 20.0. The number of para-hydroxylation sites is 1. The van der Waals surface area contributed by atoms with Gasteiger partial charge < -0.3 is 10.3 Å². The first-order valence-corrected chi connectivity index (χ1v) is 8.00. The minimum atomic E-state index is -0.133. The Labute approximate surface area is 139 Å². The molecular formula is C20H17N3O. The van der Waals surface area contributed by atoms with Gasteiger partial charge in [0, 0.05) is 35.2 Å². The van der Waals surface area contributed by atoms with Gasteiger partial charge >= 0.3 is 0 Å². The van der Waals surface area contributed by atoms with E-state index in [1.165, 1.54) is 10.9 Å². The summed E-state index contributed by atoms with van der Waals surface area (Å²) in [5.74, 6) is -0.133. The van der Waals surface area contributed by atoms with Crippen LogP contribution in [-0.4, -0.2) is 22.4 Å². The number of nitrogens with zero attached hydrogens (tertiary/aromatic N) is 1. The molecule has 0 spiro atoms. The fourth-order valence-electron chi connectivity index (χ4n) is 3.03. The maximum absolute atomic E-state index is 12.5. The molecule has 4 rings (SSSR count). The highest BCUT2D eigenvalue weighted by Gasteiger charge is 2.11. The lowest BCUT2D eigenvalue weighted by Gasteiger charge is -2.07. The van der Waals surface area contributed by atoms with Crippen molar-refractivity contribution in [1.29, 1.82) is 0 Å². The molecule has 0 atom stereocenters. The second-order valence-corrected chi connectivity index (χ2v) is 5.75. The van der Waals surface area contributed by atoms with Gasteiger partial charge in [-0.05, 0) is 29.5 Å². The number of H-pyrrole nitrogens is 1. The summed E-state index contributed by atoms with van der Waals surface area (Å²) in [6, 6.07) is 17.9.